The minimum absolute atomic E-state index is 0.100. The Balaban J connectivity index is 1.63. The molecule has 4 nitrogen and oxygen atoms in total. The van der Waals surface area contributed by atoms with Crippen LogP contribution in [0, 0.1) is 0 Å². The topological polar surface area (TPSA) is 36.4 Å². The van der Waals surface area contributed by atoms with Crippen molar-refractivity contribution in [2.75, 3.05) is 32.7 Å². The lowest BCUT2D eigenvalue weighted by Gasteiger charge is -2.35. The first-order chi connectivity index (χ1) is 11.2. The number of thioether (sulfide) groups is 1. The molecule has 1 aliphatic heterocycles. The average molecular weight is 329 g/mol. The predicted octanol–water partition coefficient (Wildman–Crippen LogP) is 2.88. The fourth-order valence-corrected chi connectivity index (χ4v) is 3.80. The number of hydrogen-bond donors (Lipinski definition) is 0. The number of amides is 1. The Hall–Kier alpha value is -1.59. The molecule has 2 heterocycles. The van der Waals surface area contributed by atoms with Crippen LogP contribution in [-0.4, -0.2) is 58.7 Å². The molecule has 0 radical (unpaired) electrons. The van der Waals surface area contributed by atoms with Crippen molar-refractivity contribution in [3.63, 3.8) is 0 Å². The molecule has 1 amide bonds. The van der Waals surface area contributed by atoms with Crippen molar-refractivity contribution in [3.8, 4) is 0 Å². The summed E-state index contributed by atoms with van der Waals surface area (Å²) in [4.78, 5) is 21.6. The number of rotatable bonds is 4. The summed E-state index contributed by atoms with van der Waals surface area (Å²) >= 11 is 1.55. The number of pyridine rings is 1. The van der Waals surface area contributed by atoms with E-state index in [4.69, 9.17) is 0 Å². The van der Waals surface area contributed by atoms with E-state index in [1.54, 1.807) is 11.8 Å². The van der Waals surface area contributed by atoms with Crippen LogP contribution in [-0.2, 0) is 4.79 Å². The van der Waals surface area contributed by atoms with E-state index < -0.39 is 0 Å². The molecule has 1 aromatic carbocycles. The molecule has 23 heavy (non-hydrogen) atoms. The van der Waals surface area contributed by atoms with Crippen LogP contribution in [0.15, 0.2) is 41.4 Å². The van der Waals surface area contributed by atoms with E-state index in [-0.39, 0.29) is 11.2 Å². The molecule has 122 valence electrons. The lowest BCUT2D eigenvalue weighted by atomic mass is 10.2. The molecule has 1 aliphatic rings. The largest absolute Gasteiger partial charge is 0.339 e. The number of likely N-dealkylation sites (N-methyl/N-ethyl adjacent to an activating group) is 1. The predicted molar refractivity (Wildman–Crippen MR) is 95.8 cm³/mol. The number of piperazine rings is 1. The number of aromatic nitrogens is 1. The number of carbonyl (C=O) groups is 1. The van der Waals surface area contributed by atoms with E-state index in [0.29, 0.717) is 0 Å². The van der Waals surface area contributed by atoms with Crippen molar-refractivity contribution in [1.29, 1.82) is 0 Å². The fourth-order valence-electron chi connectivity index (χ4n) is 2.89. The second-order valence-corrected chi connectivity index (χ2v) is 7.22. The molecule has 1 fully saturated rings. The highest BCUT2D eigenvalue weighted by Crippen LogP contribution is 2.25. The number of para-hydroxylation sites is 1. The molecule has 0 aliphatic carbocycles. The number of hydrogen-bond acceptors (Lipinski definition) is 4. The summed E-state index contributed by atoms with van der Waals surface area (Å²) in [6.07, 6.45) is 0. The zero-order chi connectivity index (χ0) is 16.2. The molecule has 0 bridgehead atoms. The average Bonchev–Trinajstić information content (AvgIpc) is 2.61. The minimum Gasteiger partial charge on any atom is -0.339 e. The quantitative estimate of drug-likeness (QED) is 0.808. The van der Waals surface area contributed by atoms with Gasteiger partial charge in [-0.1, -0.05) is 43.0 Å². The van der Waals surface area contributed by atoms with Gasteiger partial charge < -0.3 is 9.80 Å². The van der Waals surface area contributed by atoms with Crippen LogP contribution in [0.3, 0.4) is 0 Å². The van der Waals surface area contributed by atoms with Gasteiger partial charge in [0.05, 0.1) is 15.8 Å². The van der Waals surface area contributed by atoms with Gasteiger partial charge in [0.2, 0.25) is 5.91 Å². The van der Waals surface area contributed by atoms with Crippen molar-refractivity contribution in [2.24, 2.45) is 0 Å². The van der Waals surface area contributed by atoms with Gasteiger partial charge in [0.25, 0.3) is 0 Å². The highest BCUT2D eigenvalue weighted by Gasteiger charge is 2.25. The summed E-state index contributed by atoms with van der Waals surface area (Å²) in [5.74, 6) is 0.223. The minimum atomic E-state index is -0.100. The Labute approximate surface area is 141 Å². The lowest BCUT2D eigenvalue weighted by Crippen LogP contribution is -2.50. The molecule has 0 saturated carbocycles. The molecule has 3 rings (SSSR count). The standard InChI is InChI=1S/C18H23N3OS/c1-3-20-10-12-21(13-11-20)18(22)14(2)23-17-9-8-15-6-4-5-7-16(15)19-17/h4-9,14H,3,10-13H2,1-2H3. The van der Waals surface area contributed by atoms with Crippen molar-refractivity contribution in [2.45, 2.75) is 24.1 Å². The molecule has 1 unspecified atom stereocenters. The van der Waals surface area contributed by atoms with Gasteiger partial charge in [-0.15, -0.1) is 0 Å². The molecule has 1 aromatic heterocycles. The molecule has 0 N–H and O–H groups in total. The smallest absolute Gasteiger partial charge is 0.235 e. The summed E-state index contributed by atoms with van der Waals surface area (Å²) < 4.78 is 0. The Morgan fingerprint density at radius 3 is 2.65 bits per heavy atom. The van der Waals surface area contributed by atoms with Crippen molar-refractivity contribution in [1.82, 2.24) is 14.8 Å². The Morgan fingerprint density at radius 1 is 1.17 bits per heavy atom. The second kappa shape index (κ2) is 7.32. The van der Waals surface area contributed by atoms with Gasteiger partial charge in [-0.25, -0.2) is 4.98 Å². The van der Waals surface area contributed by atoms with Crippen LogP contribution in [0.25, 0.3) is 10.9 Å². The zero-order valence-electron chi connectivity index (χ0n) is 13.7. The van der Waals surface area contributed by atoms with E-state index in [9.17, 15) is 4.79 Å². The van der Waals surface area contributed by atoms with Gasteiger partial charge >= 0.3 is 0 Å². The molecular formula is C18H23N3OS. The molecule has 5 heteroatoms. The molecular weight excluding hydrogens is 306 g/mol. The van der Waals surface area contributed by atoms with E-state index in [1.165, 1.54) is 0 Å². The zero-order valence-corrected chi connectivity index (χ0v) is 14.6. The van der Waals surface area contributed by atoms with Crippen LogP contribution >= 0.6 is 11.8 Å². The third kappa shape index (κ3) is 3.85. The van der Waals surface area contributed by atoms with Gasteiger partial charge in [-0.3, -0.25) is 4.79 Å². The molecule has 0 spiro atoms. The first kappa shape index (κ1) is 16.3. The maximum absolute atomic E-state index is 12.6. The van der Waals surface area contributed by atoms with Crippen LogP contribution in [0.5, 0.6) is 0 Å². The number of fused-ring (bicyclic) bond motifs is 1. The number of nitrogens with zero attached hydrogens (tertiary/aromatic N) is 3. The van der Waals surface area contributed by atoms with Crippen LogP contribution in [0.4, 0.5) is 0 Å². The van der Waals surface area contributed by atoms with Crippen LogP contribution in [0.1, 0.15) is 13.8 Å². The third-order valence-corrected chi connectivity index (χ3v) is 5.37. The van der Waals surface area contributed by atoms with E-state index >= 15 is 0 Å². The van der Waals surface area contributed by atoms with E-state index in [2.05, 4.69) is 28.9 Å². The van der Waals surface area contributed by atoms with Crippen molar-refractivity contribution < 1.29 is 4.79 Å². The highest BCUT2D eigenvalue weighted by molar-refractivity contribution is 8.00. The first-order valence-corrected chi connectivity index (χ1v) is 9.09. The van der Waals surface area contributed by atoms with Crippen molar-refractivity contribution in [3.05, 3.63) is 36.4 Å². The van der Waals surface area contributed by atoms with E-state index in [1.807, 2.05) is 36.1 Å². The normalized spacial score (nSPS) is 17.4. The summed E-state index contributed by atoms with van der Waals surface area (Å²) in [5.41, 5.74) is 0.980. The van der Waals surface area contributed by atoms with E-state index in [0.717, 1.165) is 48.7 Å². The van der Waals surface area contributed by atoms with Gasteiger partial charge in [0, 0.05) is 31.6 Å². The summed E-state index contributed by atoms with van der Waals surface area (Å²) in [6.45, 7) is 8.85. The summed E-state index contributed by atoms with van der Waals surface area (Å²) in [6, 6.07) is 12.1. The number of carbonyl (C=O) groups excluding carboxylic acids is 1. The highest BCUT2D eigenvalue weighted by atomic mass is 32.2. The van der Waals surface area contributed by atoms with Crippen LogP contribution < -0.4 is 0 Å². The van der Waals surface area contributed by atoms with Crippen LogP contribution in [0.2, 0.25) is 0 Å². The third-order valence-electron chi connectivity index (χ3n) is 4.35. The number of benzene rings is 1. The maximum Gasteiger partial charge on any atom is 0.235 e. The molecule has 1 saturated heterocycles. The van der Waals surface area contributed by atoms with Gasteiger partial charge in [0.1, 0.15) is 0 Å². The Kier molecular flexibility index (Phi) is 5.18. The Morgan fingerprint density at radius 2 is 1.91 bits per heavy atom. The monoisotopic (exact) mass is 329 g/mol. The lowest BCUT2D eigenvalue weighted by molar-refractivity contribution is -0.132. The molecule has 1 atom stereocenters. The fraction of sp³-hybridized carbons (Fsp3) is 0.444. The summed E-state index contributed by atoms with van der Waals surface area (Å²) in [5, 5.41) is 1.94. The first-order valence-electron chi connectivity index (χ1n) is 8.21. The summed E-state index contributed by atoms with van der Waals surface area (Å²) in [7, 11) is 0. The Bertz CT molecular complexity index is 683. The second-order valence-electron chi connectivity index (χ2n) is 5.86. The van der Waals surface area contributed by atoms with Crippen molar-refractivity contribution >= 4 is 28.6 Å². The van der Waals surface area contributed by atoms with Gasteiger partial charge in [-0.05, 0) is 25.6 Å². The SMILES string of the molecule is CCN1CCN(C(=O)C(C)Sc2ccc3ccccc3n2)CC1. The maximum atomic E-state index is 12.6. The molecule has 2 aromatic rings. The van der Waals surface area contributed by atoms with Gasteiger partial charge in [-0.2, -0.15) is 0 Å². The van der Waals surface area contributed by atoms with Gasteiger partial charge in [0.15, 0.2) is 0 Å².